The molecule has 0 fully saturated rings. The molecule has 3 atom stereocenters. The van der Waals surface area contributed by atoms with E-state index in [4.69, 9.17) is 4.74 Å². The van der Waals surface area contributed by atoms with Gasteiger partial charge in [0.25, 0.3) is 0 Å². The van der Waals surface area contributed by atoms with Gasteiger partial charge in [-0.05, 0) is 46.1 Å². The van der Waals surface area contributed by atoms with Gasteiger partial charge in [-0.2, -0.15) is 0 Å². The molecule has 0 spiro atoms. The van der Waals surface area contributed by atoms with E-state index in [1.165, 1.54) is 18.1 Å². The molecule has 1 aromatic carbocycles. The van der Waals surface area contributed by atoms with E-state index >= 15 is 0 Å². The fraction of sp³-hybridized carbons (Fsp3) is 0.556. The van der Waals surface area contributed by atoms with E-state index in [0.29, 0.717) is 12.0 Å². The molecule has 2 N–H and O–H groups in total. The van der Waals surface area contributed by atoms with Gasteiger partial charge in [0.2, 0.25) is 11.8 Å². The zero-order valence-corrected chi connectivity index (χ0v) is 22.8. The summed E-state index contributed by atoms with van der Waals surface area (Å²) < 4.78 is 10.0. The molecule has 0 aromatic heterocycles. The summed E-state index contributed by atoms with van der Waals surface area (Å²) in [6, 6.07) is 3.56. The van der Waals surface area contributed by atoms with E-state index in [1.54, 1.807) is 20.8 Å². The van der Waals surface area contributed by atoms with E-state index in [2.05, 4.69) is 21.9 Å². The van der Waals surface area contributed by atoms with Crippen molar-refractivity contribution in [2.24, 2.45) is 5.92 Å². The van der Waals surface area contributed by atoms with Crippen LogP contribution in [0, 0.1) is 19.8 Å². The lowest BCUT2D eigenvalue weighted by atomic mass is 9.94. The van der Waals surface area contributed by atoms with Crippen LogP contribution in [0.5, 0.6) is 0 Å². The smallest absolute Gasteiger partial charge is 0.408 e. The Morgan fingerprint density at radius 1 is 1.11 bits per heavy atom. The molecule has 9 heteroatoms. The first-order chi connectivity index (χ1) is 16.7. The summed E-state index contributed by atoms with van der Waals surface area (Å²) in [4.78, 5) is 53.0. The molecule has 3 amide bonds. The number of ether oxygens (including phenoxy) is 2. The third-order valence-corrected chi connectivity index (χ3v) is 5.51. The van der Waals surface area contributed by atoms with Crippen LogP contribution in [0.25, 0.3) is 0 Å². The number of aryl methyl sites for hydroxylation is 2. The number of benzene rings is 1. The Hall–Kier alpha value is -3.36. The Bertz CT molecular complexity index is 933. The second-order valence-electron chi connectivity index (χ2n) is 9.91. The highest BCUT2D eigenvalue weighted by molar-refractivity contribution is 5.93. The highest BCUT2D eigenvalue weighted by Gasteiger charge is 2.37. The lowest BCUT2D eigenvalue weighted by molar-refractivity contribution is -0.144. The summed E-state index contributed by atoms with van der Waals surface area (Å²) in [6.45, 7) is 16.2. The molecule has 0 aliphatic heterocycles. The van der Waals surface area contributed by atoms with Gasteiger partial charge in [0, 0.05) is 6.54 Å². The van der Waals surface area contributed by atoms with Crippen molar-refractivity contribution in [2.45, 2.75) is 72.6 Å². The molecule has 200 valence electrons. The number of rotatable bonds is 11. The van der Waals surface area contributed by atoms with Crippen molar-refractivity contribution >= 4 is 23.9 Å². The number of carbonyl (C=O) groups is 4. The number of hydrogen-bond acceptors (Lipinski definition) is 6. The minimum atomic E-state index is -1.08. The van der Waals surface area contributed by atoms with Crippen LogP contribution < -0.4 is 10.6 Å². The van der Waals surface area contributed by atoms with Gasteiger partial charge in [-0.3, -0.25) is 14.4 Å². The summed E-state index contributed by atoms with van der Waals surface area (Å²) in [5.74, 6) is -1.89. The maximum atomic E-state index is 14.0. The average Bonchev–Trinajstić information content (AvgIpc) is 2.77. The Labute approximate surface area is 214 Å². The van der Waals surface area contributed by atoms with Crippen LogP contribution in [0.3, 0.4) is 0 Å². The number of alkyl carbamates (subject to hydrolysis) is 1. The first-order valence-electron chi connectivity index (χ1n) is 12.1. The van der Waals surface area contributed by atoms with Gasteiger partial charge in [0.1, 0.15) is 24.2 Å². The molecule has 1 aromatic rings. The fourth-order valence-corrected chi connectivity index (χ4v) is 3.73. The highest BCUT2D eigenvalue weighted by atomic mass is 16.6. The molecule has 0 aliphatic carbocycles. The minimum absolute atomic E-state index is 0.0328. The Balaban J connectivity index is 3.52. The van der Waals surface area contributed by atoms with Gasteiger partial charge < -0.3 is 25.0 Å². The second-order valence-corrected chi connectivity index (χ2v) is 9.91. The standard InChI is InChI=1S/C27H41N3O6/c1-10-12-30(25(33)22(19(5)11-2)29-26(34)36-27(6,7)8)23(24(32)28-16-21(31)35-9)20-14-17(3)13-18(4)15-20/h10,13-15,19,22-23H,1,11-12,16H2,2-9H3,(H,28,32)(H,29,34). The van der Waals surface area contributed by atoms with Gasteiger partial charge in [-0.15, -0.1) is 6.58 Å². The number of carbonyl (C=O) groups excluding carboxylic acids is 4. The molecule has 0 bridgehead atoms. The van der Waals surface area contributed by atoms with Crippen LogP contribution in [-0.4, -0.2) is 60.6 Å². The minimum Gasteiger partial charge on any atom is -0.468 e. The van der Waals surface area contributed by atoms with E-state index in [9.17, 15) is 19.2 Å². The molecule has 1 rings (SSSR count). The SMILES string of the molecule is C=CCN(C(=O)C(NC(=O)OC(C)(C)C)C(C)CC)C(C(=O)NCC(=O)OC)c1cc(C)cc(C)c1. The second kappa shape index (κ2) is 13.7. The molecule has 0 heterocycles. The van der Waals surface area contributed by atoms with Crippen molar-refractivity contribution in [2.75, 3.05) is 20.2 Å². The third-order valence-electron chi connectivity index (χ3n) is 5.51. The number of methoxy groups -OCH3 is 1. The normalized spacial score (nSPS) is 13.6. The molecular weight excluding hydrogens is 462 g/mol. The Morgan fingerprint density at radius 2 is 1.69 bits per heavy atom. The summed E-state index contributed by atoms with van der Waals surface area (Å²) >= 11 is 0. The number of hydrogen-bond donors (Lipinski definition) is 2. The summed E-state index contributed by atoms with van der Waals surface area (Å²) in [6.07, 6.45) is 1.39. The number of nitrogens with zero attached hydrogens (tertiary/aromatic N) is 1. The molecule has 0 saturated heterocycles. The maximum Gasteiger partial charge on any atom is 0.408 e. The Kier molecular flexibility index (Phi) is 11.6. The van der Waals surface area contributed by atoms with Crippen molar-refractivity contribution in [1.29, 1.82) is 0 Å². The van der Waals surface area contributed by atoms with Crippen molar-refractivity contribution in [3.8, 4) is 0 Å². The van der Waals surface area contributed by atoms with Gasteiger partial charge in [0.15, 0.2) is 0 Å². The number of amides is 3. The molecule has 0 radical (unpaired) electrons. The maximum absolute atomic E-state index is 14.0. The van der Waals surface area contributed by atoms with Crippen LogP contribution in [0.4, 0.5) is 4.79 Å². The first-order valence-corrected chi connectivity index (χ1v) is 12.1. The van der Waals surface area contributed by atoms with Crippen LogP contribution >= 0.6 is 0 Å². The van der Waals surface area contributed by atoms with Gasteiger partial charge >= 0.3 is 12.1 Å². The zero-order valence-electron chi connectivity index (χ0n) is 22.8. The number of nitrogens with one attached hydrogen (secondary N) is 2. The van der Waals surface area contributed by atoms with Crippen molar-refractivity contribution in [3.05, 3.63) is 47.5 Å². The van der Waals surface area contributed by atoms with Gasteiger partial charge in [-0.1, -0.05) is 55.7 Å². The van der Waals surface area contributed by atoms with Gasteiger partial charge in [0.05, 0.1) is 7.11 Å². The monoisotopic (exact) mass is 503 g/mol. The van der Waals surface area contributed by atoms with Crippen LogP contribution in [0.2, 0.25) is 0 Å². The van der Waals surface area contributed by atoms with Crippen molar-refractivity contribution in [3.63, 3.8) is 0 Å². The number of esters is 1. The molecular formula is C27H41N3O6. The average molecular weight is 504 g/mol. The predicted molar refractivity (Wildman–Crippen MR) is 138 cm³/mol. The third kappa shape index (κ3) is 9.36. The van der Waals surface area contributed by atoms with E-state index in [0.717, 1.165) is 11.1 Å². The van der Waals surface area contributed by atoms with Crippen LogP contribution in [-0.2, 0) is 23.9 Å². The quantitative estimate of drug-likeness (QED) is 0.352. The fourth-order valence-electron chi connectivity index (χ4n) is 3.73. The van der Waals surface area contributed by atoms with E-state index in [-0.39, 0.29) is 19.0 Å². The molecule has 36 heavy (non-hydrogen) atoms. The first kappa shape index (κ1) is 30.7. The summed E-state index contributed by atoms with van der Waals surface area (Å²) in [5.41, 5.74) is 1.65. The highest BCUT2D eigenvalue weighted by Crippen LogP contribution is 2.26. The van der Waals surface area contributed by atoms with E-state index < -0.39 is 41.6 Å². The summed E-state index contributed by atoms with van der Waals surface area (Å²) in [7, 11) is 1.22. The molecule has 0 saturated carbocycles. The predicted octanol–water partition coefficient (Wildman–Crippen LogP) is 3.59. The molecule has 3 unspecified atom stereocenters. The lowest BCUT2D eigenvalue weighted by Gasteiger charge is -2.35. The van der Waals surface area contributed by atoms with E-state index in [1.807, 2.05) is 45.9 Å². The molecule has 9 nitrogen and oxygen atoms in total. The largest absolute Gasteiger partial charge is 0.468 e. The Morgan fingerprint density at radius 3 is 2.17 bits per heavy atom. The van der Waals surface area contributed by atoms with Crippen LogP contribution in [0.1, 0.15) is 63.8 Å². The van der Waals surface area contributed by atoms with Crippen molar-refractivity contribution < 1.29 is 28.7 Å². The zero-order chi connectivity index (χ0) is 27.6. The van der Waals surface area contributed by atoms with Crippen molar-refractivity contribution in [1.82, 2.24) is 15.5 Å². The lowest BCUT2D eigenvalue weighted by Crippen LogP contribution is -2.55. The topological polar surface area (TPSA) is 114 Å². The summed E-state index contributed by atoms with van der Waals surface area (Å²) in [5, 5.41) is 5.26. The van der Waals surface area contributed by atoms with Crippen LogP contribution in [0.15, 0.2) is 30.9 Å². The molecule has 0 aliphatic rings. The van der Waals surface area contributed by atoms with Gasteiger partial charge in [-0.25, -0.2) is 4.79 Å².